The van der Waals surface area contributed by atoms with Crippen LogP contribution in [0.2, 0.25) is 0 Å². The van der Waals surface area contributed by atoms with E-state index < -0.39 is 5.54 Å². The Balaban J connectivity index is 2.46. The smallest absolute Gasteiger partial charge is 0.237 e. The molecule has 0 saturated carbocycles. The van der Waals surface area contributed by atoms with Gasteiger partial charge in [-0.25, -0.2) is 0 Å². The number of carbonyl (C=O) groups excluding carboxylic acids is 1. The fourth-order valence-corrected chi connectivity index (χ4v) is 2.22. The van der Waals surface area contributed by atoms with Crippen molar-refractivity contribution >= 4 is 5.91 Å². The van der Waals surface area contributed by atoms with Crippen LogP contribution in [0.25, 0.3) is 0 Å². The van der Waals surface area contributed by atoms with Gasteiger partial charge in [0.25, 0.3) is 0 Å². The highest BCUT2D eigenvalue weighted by Gasteiger charge is 2.30. The van der Waals surface area contributed by atoms with E-state index in [1.807, 2.05) is 6.92 Å². The van der Waals surface area contributed by atoms with Crippen molar-refractivity contribution in [3.8, 4) is 0 Å². The minimum absolute atomic E-state index is 0.258. The van der Waals surface area contributed by atoms with Crippen molar-refractivity contribution in [2.75, 3.05) is 26.7 Å². The molecule has 0 aliphatic carbocycles. The van der Waals surface area contributed by atoms with E-state index in [9.17, 15) is 4.79 Å². The van der Waals surface area contributed by atoms with Gasteiger partial charge < -0.3 is 15.8 Å². The maximum absolute atomic E-state index is 11.4. The summed E-state index contributed by atoms with van der Waals surface area (Å²) in [6.45, 7) is 8.70. The van der Waals surface area contributed by atoms with Crippen molar-refractivity contribution in [1.29, 1.82) is 0 Å². The van der Waals surface area contributed by atoms with Crippen LogP contribution in [0, 0.1) is 0 Å². The summed E-state index contributed by atoms with van der Waals surface area (Å²) in [6.07, 6.45) is 1.24. The van der Waals surface area contributed by atoms with Crippen molar-refractivity contribution in [2.24, 2.45) is 5.73 Å². The van der Waals surface area contributed by atoms with Crippen molar-refractivity contribution in [2.45, 2.75) is 44.9 Å². The molecule has 0 aromatic carbocycles. The Morgan fingerprint density at radius 3 is 2.41 bits per heavy atom. The number of nitrogens with two attached hydrogens (primary N) is 1. The highest BCUT2D eigenvalue weighted by molar-refractivity contribution is 5.84. The first kappa shape index (κ1) is 14.4. The van der Waals surface area contributed by atoms with Gasteiger partial charge in [-0.3, -0.25) is 9.69 Å². The number of likely N-dealkylation sites (N-methyl/N-ethyl adjacent to an activating group) is 1. The van der Waals surface area contributed by atoms with Gasteiger partial charge in [0.05, 0.1) is 17.7 Å². The fourth-order valence-electron chi connectivity index (χ4n) is 2.22. The number of nitrogens with zero attached hydrogens (tertiary/aromatic N) is 1. The maximum atomic E-state index is 11.4. The Bertz CT molecular complexity index is 262. The highest BCUT2D eigenvalue weighted by Crippen LogP contribution is 2.14. The fraction of sp³-hybridized carbons (Fsp3) is 0.917. The van der Waals surface area contributed by atoms with E-state index in [1.165, 1.54) is 0 Å². The van der Waals surface area contributed by atoms with Crippen LogP contribution in [0.1, 0.15) is 27.2 Å². The first-order chi connectivity index (χ1) is 7.87. The second kappa shape index (κ2) is 5.80. The molecule has 3 atom stereocenters. The molecule has 3 N–H and O–H groups in total. The lowest BCUT2D eigenvalue weighted by Gasteiger charge is -2.37. The summed E-state index contributed by atoms with van der Waals surface area (Å²) in [7, 11) is 1.77. The van der Waals surface area contributed by atoms with Crippen molar-refractivity contribution in [3.05, 3.63) is 0 Å². The summed E-state index contributed by atoms with van der Waals surface area (Å²) >= 11 is 0. The molecular weight excluding hydrogens is 218 g/mol. The second-order valence-corrected chi connectivity index (χ2v) is 5.21. The molecule has 1 rings (SSSR count). The molecule has 100 valence electrons. The Morgan fingerprint density at radius 2 is 2.00 bits per heavy atom. The quantitative estimate of drug-likeness (QED) is 0.710. The molecule has 0 aromatic rings. The number of primary amides is 1. The predicted molar refractivity (Wildman–Crippen MR) is 67.7 cm³/mol. The van der Waals surface area contributed by atoms with Crippen LogP contribution in [0.5, 0.6) is 0 Å². The van der Waals surface area contributed by atoms with Crippen LogP contribution in [0.15, 0.2) is 0 Å². The van der Waals surface area contributed by atoms with Crippen molar-refractivity contribution in [3.63, 3.8) is 0 Å². The van der Waals surface area contributed by atoms with E-state index in [4.69, 9.17) is 10.5 Å². The molecule has 0 spiro atoms. The second-order valence-electron chi connectivity index (χ2n) is 5.21. The molecule has 17 heavy (non-hydrogen) atoms. The molecule has 0 bridgehead atoms. The van der Waals surface area contributed by atoms with Gasteiger partial charge in [0, 0.05) is 19.6 Å². The number of amides is 1. The molecule has 1 amide bonds. The van der Waals surface area contributed by atoms with Crippen LogP contribution in [-0.4, -0.2) is 55.2 Å². The molecule has 1 heterocycles. The predicted octanol–water partition coefficient (Wildman–Crippen LogP) is -0.0509. The highest BCUT2D eigenvalue weighted by atomic mass is 16.5. The first-order valence-electron chi connectivity index (χ1n) is 6.24. The summed E-state index contributed by atoms with van der Waals surface area (Å²) in [6, 6.07) is 0. The zero-order chi connectivity index (χ0) is 13.1. The number of rotatable bonds is 5. The Hall–Kier alpha value is -0.650. The van der Waals surface area contributed by atoms with Gasteiger partial charge in [0.2, 0.25) is 5.91 Å². The number of hydrogen-bond donors (Lipinski definition) is 2. The lowest BCUT2D eigenvalue weighted by Crippen LogP contribution is -2.54. The summed E-state index contributed by atoms with van der Waals surface area (Å²) in [4.78, 5) is 13.7. The number of ether oxygens (including phenoxy) is 1. The lowest BCUT2D eigenvalue weighted by atomic mass is 9.96. The molecule has 0 radical (unpaired) electrons. The maximum Gasteiger partial charge on any atom is 0.237 e. The van der Waals surface area contributed by atoms with E-state index in [2.05, 4.69) is 24.1 Å². The molecule has 0 aromatic heterocycles. The Labute approximate surface area is 104 Å². The third-order valence-electron chi connectivity index (χ3n) is 3.52. The van der Waals surface area contributed by atoms with Crippen LogP contribution >= 0.6 is 0 Å². The largest absolute Gasteiger partial charge is 0.373 e. The number of nitrogens with one attached hydrogen (secondary N) is 1. The molecule has 1 unspecified atom stereocenters. The molecule has 1 saturated heterocycles. The number of hydrogen-bond acceptors (Lipinski definition) is 4. The Kier molecular flexibility index (Phi) is 4.91. The number of morpholine rings is 1. The van der Waals surface area contributed by atoms with Gasteiger partial charge in [0.1, 0.15) is 0 Å². The van der Waals surface area contributed by atoms with Gasteiger partial charge in [-0.2, -0.15) is 0 Å². The average Bonchev–Trinajstić information content (AvgIpc) is 2.24. The minimum atomic E-state index is -0.620. The zero-order valence-electron chi connectivity index (χ0n) is 11.3. The van der Waals surface area contributed by atoms with Crippen LogP contribution < -0.4 is 11.1 Å². The summed E-state index contributed by atoms with van der Waals surface area (Å²) in [5.74, 6) is -0.297. The molecule has 1 aliphatic rings. The van der Waals surface area contributed by atoms with E-state index in [0.717, 1.165) is 26.1 Å². The lowest BCUT2D eigenvalue weighted by molar-refractivity contribution is -0.124. The third-order valence-corrected chi connectivity index (χ3v) is 3.52. The van der Waals surface area contributed by atoms with Crippen LogP contribution in [0.3, 0.4) is 0 Å². The normalized spacial score (nSPS) is 29.9. The monoisotopic (exact) mass is 243 g/mol. The standard InChI is InChI=1S/C12H25N3O2/c1-9-7-15(8-10(2)17-9)6-5-12(3,14-4)11(13)16/h9-10,14H,5-8H2,1-4H3,(H2,13,16)/t9-,10+,12?. The minimum Gasteiger partial charge on any atom is -0.373 e. The number of carbonyl (C=O) groups is 1. The average molecular weight is 243 g/mol. The molecule has 5 heteroatoms. The van der Waals surface area contributed by atoms with Crippen LogP contribution in [0.4, 0.5) is 0 Å². The van der Waals surface area contributed by atoms with Gasteiger partial charge >= 0.3 is 0 Å². The molecular formula is C12H25N3O2. The third kappa shape index (κ3) is 3.94. The topological polar surface area (TPSA) is 67.6 Å². The summed E-state index contributed by atoms with van der Waals surface area (Å²) in [5, 5.41) is 3.01. The van der Waals surface area contributed by atoms with E-state index in [0.29, 0.717) is 0 Å². The van der Waals surface area contributed by atoms with E-state index >= 15 is 0 Å². The van der Waals surface area contributed by atoms with E-state index in [1.54, 1.807) is 7.05 Å². The molecule has 1 fully saturated rings. The molecule has 5 nitrogen and oxygen atoms in total. The van der Waals surface area contributed by atoms with Crippen LogP contribution in [-0.2, 0) is 9.53 Å². The van der Waals surface area contributed by atoms with Crippen molar-refractivity contribution < 1.29 is 9.53 Å². The zero-order valence-corrected chi connectivity index (χ0v) is 11.3. The summed E-state index contributed by atoms with van der Waals surface area (Å²) in [5.41, 5.74) is 4.79. The Morgan fingerprint density at radius 1 is 1.47 bits per heavy atom. The van der Waals surface area contributed by atoms with Gasteiger partial charge in [0.15, 0.2) is 0 Å². The van der Waals surface area contributed by atoms with E-state index in [-0.39, 0.29) is 18.1 Å². The first-order valence-corrected chi connectivity index (χ1v) is 6.24. The van der Waals surface area contributed by atoms with Gasteiger partial charge in [-0.15, -0.1) is 0 Å². The molecule has 1 aliphatic heterocycles. The van der Waals surface area contributed by atoms with Gasteiger partial charge in [-0.1, -0.05) is 0 Å². The van der Waals surface area contributed by atoms with Gasteiger partial charge in [-0.05, 0) is 34.2 Å². The summed E-state index contributed by atoms with van der Waals surface area (Å²) < 4.78 is 5.67. The van der Waals surface area contributed by atoms with Crippen molar-refractivity contribution in [1.82, 2.24) is 10.2 Å². The SMILES string of the molecule is CNC(C)(CCN1C[C@@H](C)O[C@@H](C)C1)C(N)=O.